The van der Waals surface area contributed by atoms with Crippen molar-refractivity contribution in [1.82, 2.24) is 19.6 Å². The maximum atomic E-state index is 12.9. The Kier molecular flexibility index (Phi) is 57.5. The molecule has 0 radical (unpaired) electrons. The van der Waals surface area contributed by atoms with Crippen LogP contribution >= 0.6 is 21.6 Å². The highest BCUT2D eigenvalue weighted by molar-refractivity contribution is 8.76. The van der Waals surface area contributed by atoms with Crippen molar-refractivity contribution in [2.24, 2.45) is 11.8 Å². The standard InChI is InChI=1S/C70H134N4O14S2/c1-7-9-49-84-66(79)34-23-15-11-21-32-64(77)58-74(59-65(78)33-22-12-16-24-35-67(80)85-50-10-8-2)42-29-38-70(83)88-53-47-71-43-45-72(46-44-71)48-55-90-89-54-28-27-41-73(56-62(75)30-19-13-17-25-36-68(81)86-51-39-60(3)4)57-63(76)31-20-14-18-26-37-69(82)87-52-40-61(5)6/h60-65,75-78H,7-59H2,1-6H3. The van der Waals surface area contributed by atoms with Crippen molar-refractivity contribution in [3.05, 3.63) is 0 Å². The van der Waals surface area contributed by atoms with Gasteiger partial charge in [0.25, 0.3) is 0 Å². The van der Waals surface area contributed by atoms with Gasteiger partial charge in [0.15, 0.2) is 0 Å². The van der Waals surface area contributed by atoms with Gasteiger partial charge in [-0.15, -0.1) is 0 Å². The molecular weight excluding hydrogens is 1180 g/mol. The average molecular weight is 1320 g/mol. The van der Waals surface area contributed by atoms with Crippen LogP contribution in [0.15, 0.2) is 0 Å². The molecule has 4 unspecified atom stereocenters. The summed E-state index contributed by atoms with van der Waals surface area (Å²) in [6.07, 6.45) is 24.8. The number of esters is 5. The Bertz CT molecular complexity index is 1630. The number of rotatable bonds is 64. The van der Waals surface area contributed by atoms with Crippen LogP contribution < -0.4 is 0 Å². The highest BCUT2D eigenvalue weighted by atomic mass is 33.1. The molecule has 0 spiro atoms. The summed E-state index contributed by atoms with van der Waals surface area (Å²) < 4.78 is 26.9. The quantitative estimate of drug-likeness (QED) is 0.0192. The lowest BCUT2D eigenvalue weighted by atomic mass is 10.1. The monoisotopic (exact) mass is 1320 g/mol. The van der Waals surface area contributed by atoms with Crippen molar-refractivity contribution in [2.75, 3.05) is 123 Å². The lowest BCUT2D eigenvalue weighted by Gasteiger charge is -2.34. The molecule has 4 N–H and O–H groups in total. The third-order valence-corrected chi connectivity index (χ3v) is 19.0. The molecule has 18 nitrogen and oxygen atoms in total. The van der Waals surface area contributed by atoms with Gasteiger partial charge < -0.3 is 44.1 Å². The molecule has 0 aromatic carbocycles. The fourth-order valence-corrected chi connectivity index (χ4v) is 12.8. The predicted molar refractivity (Wildman–Crippen MR) is 368 cm³/mol. The van der Waals surface area contributed by atoms with Gasteiger partial charge in [0.1, 0.15) is 6.61 Å². The number of ether oxygens (including phenoxy) is 5. The van der Waals surface area contributed by atoms with Crippen LogP contribution in [-0.2, 0) is 47.7 Å². The Morgan fingerprint density at radius 2 is 0.667 bits per heavy atom. The minimum Gasteiger partial charge on any atom is -0.466 e. The zero-order valence-corrected chi connectivity index (χ0v) is 59.6. The topological polar surface area (TPSA) is 225 Å². The number of nitrogens with zero attached hydrogens (tertiary/aromatic N) is 4. The Morgan fingerprint density at radius 1 is 0.356 bits per heavy atom. The molecule has 0 aromatic rings. The van der Waals surface area contributed by atoms with Gasteiger partial charge >= 0.3 is 29.8 Å². The zero-order valence-electron chi connectivity index (χ0n) is 57.9. The summed E-state index contributed by atoms with van der Waals surface area (Å²) in [7, 11) is 3.84. The number of hydrogen-bond acceptors (Lipinski definition) is 20. The molecule has 530 valence electrons. The van der Waals surface area contributed by atoms with Gasteiger partial charge in [-0.25, -0.2) is 0 Å². The third-order valence-electron chi connectivity index (χ3n) is 16.5. The molecule has 0 aliphatic carbocycles. The number of unbranched alkanes of at least 4 members (excludes halogenated alkanes) is 15. The van der Waals surface area contributed by atoms with Gasteiger partial charge in [-0.3, -0.25) is 43.6 Å². The highest BCUT2D eigenvalue weighted by Crippen LogP contribution is 2.23. The van der Waals surface area contributed by atoms with Crippen molar-refractivity contribution >= 4 is 51.4 Å². The summed E-state index contributed by atoms with van der Waals surface area (Å²) in [6, 6.07) is 0. The van der Waals surface area contributed by atoms with E-state index in [4.69, 9.17) is 23.7 Å². The number of carbonyl (C=O) groups is 5. The minimum atomic E-state index is -0.563. The predicted octanol–water partition coefficient (Wildman–Crippen LogP) is 12.4. The molecule has 1 aliphatic heterocycles. The smallest absolute Gasteiger partial charge is 0.305 e. The molecule has 90 heavy (non-hydrogen) atoms. The first-order valence-electron chi connectivity index (χ1n) is 36.1. The fraction of sp³-hybridized carbons (Fsp3) is 0.929. The average Bonchev–Trinajstić information content (AvgIpc) is 3.61. The van der Waals surface area contributed by atoms with Gasteiger partial charge in [-0.1, -0.05) is 153 Å². The van der Waals surface area contributed by atoms with E-state index in [2.05, 4.69) is 61.1 Å². The summed E-state index contributed by atoms with van der Waals surface area (Å²) >= 11 is 0. The molecule has 0 bridgehead atoms. The Balaban J connectivity index is 2.45. The molecule has 1 heterocycles. The maximum absolute atomic E-state index is 12.9. The highest BCUT2D eigenvalue weighted by Gasteiger charge is 2.21. The molecule has 0 saturated carbocycles. The fourth-order valence-electron chi connectivity index (χ4n) is 10.7. The van der Waals surface area contributed by atoms with Gasteiger partial charge in [0.05, 0.1) is 50.8 Å². The molecule has 1 rings (SSSR count). The Hall–Kier alpha value is -2.27. The molecule has 4 atom stereocenters. The molecule has 1 saturated heterocycles. The van der Waals surface area contributed by atoms with E-state index in [1.807, 2.05) is 21.6 Å². The number of carbonyl (C=O) groups excluding carboxylic acids is 5. The van der Waals surface area contributed by atoms with E-state index < -0.39 is 24.4 Å². The normalized spacial score (nSPS) is 14.6. The summed E-state index contributed by atoms with van der Waals surface area (Å²) in [4.78, 5) is 70.0. The molecule has 20 heteroatoms. The van der Waals surface area contributed by atoms with Crippen LogP contribution in [0.25, 0.3) is 0 Å². The lowest BCUT2D eigenvalue weighted by Crippen LogP contribution is -2.47. The van der Waals surface area contributed by atoms with Crippen LogP contribution in [0.4, 0.5) is 0 Å². The Morgan fingerprint density at radius 3 is 1.03 bits per heavy atom. The number of hydrogen-bond donors (Lipinski definition) is 4. The molecule has 0 amide bonds. The van der Waals surface area contributed by atoms with Gasteiger partial charge in [-0.2, -0.15) is 0 Å². The van der Waals surface area contributed by atoms with Crippen molar-refractivity contribution in [2.45, 2.75) is 284 Å². The van der Waals surface area contributed by atoms with E-state index in [0.717, 1.165) is 205 Å². The van der Waals surface area contributed by atoms with Gasteiger partial charge in [0, 0.05) is 109 Å². The zero-order chi connectivity index (χ0) is 66.1. The second-order valence-corrected chi connectivity index (χ2v) is 29.0. The van der Waals surface area contributed by atoms with Crippen LogP contribution in [0.5, 0.6) is 0 Å². The van der Waals surface area contributed by atoms with Gasteiger partial charge in [0.2, 0.25) is 0 Å². The van der Waals surface area contributed by atoms with Crippen molar-refractivity contribution in [1.29, 1.82) is 0 Å². The second-order valence-electron chi connectivity index (χ2n) is 26.3. The number of piperazine rings is 1. The number of aliphatic hydroxyl groups excluding tert-OH is 4. The van der Waals surface area contributed by atoms with E-state index in [0.29, 0.717) is 142 Å². The summed E-state index contributed by atoms with van der Waals surface area (Å²) in [5, 5.41) is 44.2. The van der Waals surface area contributed by atoms with Crippen LogP contribution in [0.2, 0.25) is 0 Å². The van der Waals surface area contributed by atoms with Crippen LogP contribution in [0.1, 0.15) is 260 Å². The molecule has 1 aliphatic rings. The Labute approximate surface area is 555 Å². The molecular formula is C70H134N4O14S2. The van der Waals surface area contributed by atoms with E-state index in [-0.39, 0.29) is 36.3 Å². The van der Waals surface area contributed by atoms with E-state index in [1.165, 1.54) is 0 Å². The summed E-state index contributed by atoms with van der Waals surface area (Å²) in [5.41, 5.74) is 0. The van der Waals surface area contributed by atoms with E-state index >= 15 is 0 Å². The van der Waals surface area contributed by atoms with Crippen LogP contribution in [-0.4, -0.2) is 217 Å². The van der Waals surface area contributed by atoms with E-state index in [1.54, 1.807) is 0 Å². The number of aliphatic hydroxyl groups is 4. The maximum Gasteiger partial charge on any atom is 0.305 e. The minimum absolute atomic E-state index is 0.120. The summed E-state index contributed by atoms with van der Waals surface area (Å²) in [6.45, 7) is 23.8. The first-order valence-corrected chi connectivity index (χ1v) is 38.6. The van der Waals surface area contributed by atoms with Crippen molar-refractivity contribution < 1.29 is 68.1 Å². The van der Waals surface area contributed by atoms with Crippen molar-refractivity contribution in [3.8, 4) is 0 Å². The third kappa shape index (κ3) is 56.1. The van der Waals surface area contributed by atoms with E-state index in [9.17, 15) is 44.4 Å². The molecule has 0 aromatic heterocycles. The van der Waals surface area contributed by atoms with Crippen LogP contribution in [0, 0.1) is 11.8 Å². The first-order chi connectivity index (χ1) is 43.5. The van der Waals surface area contributed by atoms with Crippen LogP contribution in [0.3, 0.4) is 0 Å². The SMILES string of the molecule is CCCCOC(=O)CCCCCCC(O)CN(CCCC(=O)OCCN1CCN(CCSSCCCCN(CC(O)CCCCCCC(=O)OCCC(C)C)CC(O)CCCCCCC(=O)OCCC(C)C)CC1)CC(O)CCCCCCC(=O)OCCCC. The first kappa shape index (κ1) is 85.7. The van der Waals surface area contributed by atoms with Crippen molar-refractivity contribution in [3.63, 3.8) is 0 Å². The second kappa shape index (κ2) is 60.4. The van der Waals surface area contributed by atoms with Gasteiger partial charge in [-0.05, 0) is 121 Å². The largest absolute Gasteiger partial charge is 0.466 e. The molecule has 1 fully saturated rings. The lowest BCUT2D eigenvalue weighted by molar-refractivity contribution is -0.145. The summed E-state index contributed by atoms with van der Waals surface area (Å²) in [5.74, 6) is 2.37.